The van der Waals surface area contributed by atoms with Gasteiger partial charge in [-0.3, -0.25) is 9.52 Å². The molecule has 0 bridgehead atoms. The van der Waals surface area contributed by atoms with Gasteiger partial charge in [-0.05, 0) is 48.5 Å². The molecule has 0 fully saturated rings. The summed E-state index contributed by atoms with van der Waals surface area (Å²) in [5.74, 6) is -0.205. The molecule has 3 N–H and O–H groups in total. The van der Waals surface area contributed by atoms with Crippen LogP contribution in [0, 0.1) is 0 Å². The van der Waals surface area contributed by atoms with E-state index in [9.17, 15) is 18.3 Å². The van der Waals surface area contributed by atoms with Crippen molar-refractivity contribution in [2.24, 2.45) is 0 Å². The molecule has 0 radical (unpaired) electrons. The summed E-state index contributed by atoms with van der Waals surface area (Å²) in [6.07, 6.45) is -0.0138. The number of thiazole rings is 1. The first-order chi connectivity index (χ1) is 12.8. The molecular formula is C17H14ClN3O4S2. The van der Waals surface area contributed by atoms with Crippen LogP contribution in [0.2, 0.25) is 5.02 Å². The zero-order chi connectivity index (χ0) is 19.4. The summed E-state index contributed by atoms with van der Waals surface area (Å²) in [4.78, 5) is 16.3. The van der Waals surface area contributed by atoms with Crippen LogP contribution in [0.5, 0.6) is 5.75 Å². The molecular weight excluding hydrogens is 410 g/mol. The van der Waals surface area contributed by atoms with Gasteiger partial charge >= 0.3 is 0 Å². The molecule has 0 saturated carbocycles. The number of phenols is 1. The first-order valence-electron chi connectivity index (χ1n) is 7.63. The fourth-order valence-corrected chi connectivity index (χ4v) is 4.23. The smallest absolute Gasteiger partial charge is 0.263 e. The summed E-state index contributed by atoms with van der Waals surface area (Å²) in [6.45, 7) is 0. The minimum atomic E-state index is -3.78. The Bertz CT molecular complexity index is 1050. The van der Waals surface area contributed by atoms with E-state index >= 15 is 0 Å². The van der Waals surface area contributed by atoms with E-state index in [1.54, 1.807) is 17.5 Å². The van der Waals surface area contributed by atoms with E-state index in [0.29, 0.717) is 16.4 Å². The zero-order valence-electron chi connectivity index (χ0n) is 13.7. The third-order valence-electron chi connectivity index (χ3n) is 3.39. The second-order valence-corrected chi connectivity index (χ2v) is 8.45. The third kappa shape index (κ3) is 5.19. The highest BCUT2D eigenvalue weighted by Crippen LogP contribution is 2.22. The predicted molar refractivity (Wildman–Crippen MR) is 105 cm³/mol. The first-order valence-corrected chi connectivity index (χ1v) is 10.4. The van der Waals surface area contributed by atoms with Crippen molar-refractivity contribution in [3.63, 3.8) is 0 Å². The van der Waals surface area contributed by atoms with Gasteiger partial charge < -0.3 is 10.4 Å². The Balaban J connectivity index is 1.63. The lowest BCUT2D eigenvalue weighted by Gasteiger charge is -2.05. The molecule has 0 aliphatic carbocycles. The van der Waals surface area contributed by atoms with E-state index in [1.165, 1.54) is 36.4 Å². The van der Waals surface area contributed by atoms with Crippen LogP contribution in [0.3, 0.4) is 0 Å². The van der Waals surface area contributed by atoms with Gasteiger partial charge in [-0.1, -0.05) is 11.6 Å². The number of aromatic nitrogens is 1. The highest BCUT2D eigenvalue weighted by Gasteiger charge is 2.17. The average molecular weight is 424 g/mol. The minimum absolute atomic E-state index is 0.0138. The van der Waals surface area contributed by atoms with Crippen molar-refractivity contribution in [2.45, 2.75) is 11.3 Å². The van der Waals surface area contributed by atoms with Gasteiger partial charge in [-0.25, -0.2) is 13.4 Å². The van der Waals surface area contributed by atoms with Crippen molar-refractivity contribution in [1.82, 2.24) is 4.98 Å². The molecule has 7 nitrogen and oxygen atoms in total. The number of amides is 1. The molecule has 3 aromatic rings. The van der Waals surface area contributed by atoms with Crippen molar-refractivity contribution in [2.75, 3.05) is 10.0 Å². The fraction of sp³-hybridized carbons (Fsp3) is 0.0588. The van der Waals surface area contributed by atoms with Gasteiger partial charge in [0, 0.05) is 16.1 Å². The number of anilines is 2. The molecule has 140 valence electrons. The number of aromatic hydroxyl groups is 1. The van der Waals surface area contributed by atoms with Crippen molar-refractivity contribution < 1.29 is 18.3 Å². The Kier molecular flexibility index (Phi) is 5.64. The molecule has 3 rings (SSSR count). The molecule has 1 heterocycles. The number of rotatable bonds is 6. The van der Waals surface area contributed by atoms with Crippen LogP contribution in [0.25, 0.3) is 0 Å². The fourth-order valence-electron chi connectivity index (χ4n) is 2.14. The third-order valence-corrected chi connectivity index (χ3v) is 5.93. The maximum absolute atomic E-state index is 12.3. The average Bonchev–Trinajstić information content (AvgIpc) is 3.03. The van der Waals surface area contributed by atoms with E-state index in [0.717, 1.165) is 11.3 Å². The van der Waals surface area contributed by atoms with Crippen molar-refractivity contribution in [3.8, 4) is 5.75 Å². The highest BCUT2D eigenvalue weighted by molar-refractivity contribution is 7.93. The molecule has 0 aliphatic heterocycles. The Morgan fingerprint density at radius 1 is 1.11 bits per heavy atom. The molecule has 0 aliphatic rings. The maximum Gasteiger partial charge on any atom is 0.263 e. The number of hydrogen-bond acceptors (Lipinski definition) is 6. The van der Waals surface area contributed by atoms with Crippen LogP contribution in [-0.4, -0.2) is 24.4 Å². The second kappa shape index (κ2) is 7.95. The van der Waals surface area contributed by atoms with Gasteiger partial charge in [0.2, 0.25) is 5.91 Å². The quantitative estimate of drug-likeness (QED) is 0.526. The Morgan fingerprint density at radius 2 is 1.78 bits per heavy atom. The van der Waals surface area contributed by atoms with Gasteiger partial charge in [-0.2, -0.15) is 0 Å². The molecule has 27 heavy (non-hydrogen) atoms. The summed E-state index contributed by atoms with van der Waals surface area (Å²) in [6, 6.07) is 11.8. The number of phenolic OH excluding ortho intramolecular Hbond substituents is 1. The molecule has 0 unspecified atom stereocenters. The van der Waals surface area contributed by atoms with Crippen LogP contribution >= 0.6 is 22.9 Å². The number of halogens is 1. The number of benzene rings is 2. The van der Waals surface area contributed by atoms with Gasteiger partial charge in [0.25, 0.3) is 10.0 Å². The molecule has 2 aromatic carbocycles. The van der Waals surface area contributed by atoms with Crippen LogP contribution in [0.4, 0.5) is 10.8 Å². The Hall–Kier alpha value is -2.62. The lowest BCUT2D eigenvalue weighted by atomic mass is 10.2. The van der Waals surface area contributed by atoms with E-state index in [4.69, 9.17) is 11.6 Å². The predicted octanol–water partition coefficient (Wildman–Crippen LogP) is 3.48. The number of carbonyl (C=O) groups is 1. The molecule has 1 aromatic heterocycles. The van der Waals surface area contributed by atoms with Gasteiger partial charge in [0.05, 0.1) is 17.0 Å². The van der Waals surface area contributed by atoms with Crippen molar-refractivity contribution in [3.05, 3.63) is 64.6 Å². The van der Waals surface area contributed by atoms with Crippen LogP contribution in [0.1, 0.15) is 5.69 Å². The number of nitrogens with one attached hydrogen (secondary N) is 2. The Labute approximate surface area is 164 Å². The normalized spacial score (nSPS) is 11.1. The number of nitrogens with zero attached hydrogens (tertiary/aromatic N) is 1. The van der Waals surface area contributed by atoms with Gasteiger partial charge in [-0.15, -0.1) is 11.3 Å². The van der Waals surface area contributed by atoms with E-state index in [1.807, 2.05) is 0 Å². The second-order valence-electron chi connectivity index (χ2n) is 5.48. The number of carbonyl (C=O) groups excluding carboxylic acids is 1. The molecule has 0 atom stereocenters. The summed E-state index contributed by atoms with van der Waals surface area (Å²) in [7, 11) is -3.78. The first kappa shape index (κ1) is 19.2. The van der Waals surface area contributed by atoms with Crippen LogP contribution < -0.4 is 10.0 Å². The van der Waals surface area contributed by atoms with Gasteiger partial charge in [0.1, 0.15) is 5.75 Å². The van der Waals surface area contributed by atoms with Gasteiger partial charge in [0.15, 0.2) is 5.13 Å². The molecule has 0 saturated heterocycles. The van der Waals surface area contributed by atoms with E-state index in [2.05, 4.69) is 15.0 Å². The lowest BCUT2D eigenvalue weighted by Crippen LogP contribution is -2.15. The largest absolute Gasteiger partial charge is 0.508 e. The topological polar surface area (TPSA) is 108 Å². The number of hydrogen-bond donors (Lipinski definition) is 3. The Morgan fingerprint density at radius 3 is 2.44 bits per heavy atom. The summed E-state index contributed by atoms with van der Waals surface area (Å²) >= 11 is 6.85. The number of sulfonamides is 1. The van der Waals surface area contributed by atoms with Crippen molar-refractivity contribution >= 4 is 49.7 Å². The summed E-state index contributed by atoms with van der Waals surface area (Å²) in [5.41, 5.74) is 0.974. The van der Waals surface area contributed by atoms with Crippen LogP contribution in [-0.2, 0) is 21.2 Å². The maximum atomic E-state index is 12.3. The molecule has 10 heteroatoms. The molecule has 1 amide bonds. The SMILES string of the molecule is O=C(Cc1csc(NS(=O)(=O)c2ccc(Cl)cc2)n1)Nc1ccc(O)cc1. The standard InChI is InChI=1S/C17H14ClN3O4S2/c18-11-1-7-15(8-2-11)27(24,25)21-17-20-13(10-26-17)9-16(23)19-12-3-5-14(22)6-4-12/h1-8,10,22H,9H2,(H,19,23)(H,20,21). The highest BCUT2D eigenvalue weighted by atomic mass is 35.5. The summed E-state index contributed by atoms with van der Waals surface area (Å²) < 4.78 is 27.0. The van der Waals surface area contributed by atoms with Crippen molar-refractivity contribution in [1.29, 1.82) is 0 Å². The van der Waals surface area contributed by atoms with Crippen LogP contribution in [0.15, 0.2) is 58.8 Å². The monoisotopic (exact) mass is 423 g/mol. The zero-order valence-corrected chi connectivity index (χ0v) is 16.1. The van der Waals surface area contributed by atoms with E-state index < -0.39 is 10.0 Å². The summed E-state index contributed by atoms with van der Waals surface area (Å²) in [5, 5.41) is 14.1. The molecule has 0 spiro atoms. The minimum Gasteiger partial charge on any atom is -0.508 e. The lowest BCUT2D eigenvalue weighted by molar-refractivity contribution is -0.115. The van der Waals surface area contributed by atoms with E-state index in [-0.39, 0.29) is 28.1 Å².